The predicted molar refractivity (Wildman–Crippen MR) is 82.8 cm³/mol. The average Bonchev–Trinajstić information content (AvgIpc) is 3.03. The molecule has 0 bridgehead atoms. The largest absolute Gasteiger partial charge is 0.396 e. The van der Waals surface area contributed by atoms with Crippen LogP contribution in [-0.4, -0.2) is 41.5 Å². The summed E-state index contributed by atoms with van der Waals surface area (Å²) < 4.78 is 5.85. The predicted octanol–water partition coefficient (Wildman–Crippen LogP) is 0.984. The van der Waals surface area contributed by atoms with Gasteiger partial charge >= 0.3 is 0 Å². The summed E-state index contributed by atoms with van der Waals surface area (Å²) in [4.78, 5) is 11.2. The molecule has 0 saturated heterocycles. The minimum atomic E-state index is -0.955. The van der Waals surface area contributed by atoms with Crippen LogP contribution in [0.4, 0.5) is 0 Å². The van der Waals surface area contributed by atoms with Gasteiger partial charge in [-0.2, -0.15) is 0 Å². The second-order valence-corrected chi connectivity index (χ2v) is 5.84. The Hall–Kier alpha value is -1.49. The quantitative estimate of drug-likeness (QED) is 0.623. The van der Waals surface area contributed by atoms with Crippen molar-refractivity contribution in [1.82, 2.24) is 0 Å². The molecule has 22 heavy (non-hydrogen) atoms. The van der Waals surface area contributed by atoms with Crippen molar-refractivity contribution in [2.24, 2.45) is 11.1 Å². The minimum absolute atomic E-state index is 0.0988. The third kappa shape index (κ3) is 2.74. The van der Waals surface area contributed by atoms with Gasteiger partial charge in [0.15, 0.2) is 0 Å². The van der Waals surface area contributed by atoms with E-state index in [0.29, 0.717) is 18.4 Å². The zero-order chi connectivity index (χ0) is 16.2. The summed E-state index contributed by atoms with van der Waals surface area (Å²) in [5.74, 6) is 1.89. The van der Waals surface area contributed by atoms with Gasteiger partial charge in [0.1, 0.15) is 5.94 Å². The van der Waals surface area contributed by atoms with E-state index in [1.54, 1.807) is 0 Å². The standard InChI is InChI=1S/C17H23NO4/c1-13(14-5-3-2-4-6-14)22-12-17(18)15(11-21)16(17,7-9-19)8-10-20/h2-6,13,19-20H,7-10,12,18H2,1H3. The third-order valence-electron chi connectivity index (χ3n) is 4.73. The molecule has 0 amide bonds. The molecule has 1 aliphatic carbocycles. The Morgan fingerprint density at radius 2 is 1.82 bits per heavy atom. The second-order valence-electron chi connectivity index (χ2n) is 5.84. The van der Waals surface area contributed by atoms with E-state index in [0.717, 1.165) is 5.56 Å². The molecular formula is C17H23NO4. The number of rotatable bonds is 8. The molecule has 0 heterocycles. The minimum Gasteiger partial charge on any atom is -0.396 e. The highest BCUT2D eigenvalue weighted by Crippen LogP contribution is 2.63. The van der Waals surface area contributed by atoms with Crippen LogP contribution >= 0.6 is 0 Å². The van der Waals surface area contributed by atoms with Crippen molar-refractivity contribution in [2.45, 2.75) is 31.4 Å². The van der Waals surface area contributed by atoms with Gasteiger partial charge in [-0.25, -0.2) is 4.79 Å². The molecule has 2 rings (SSSR count). The molecule has 0 spiro atoms. The smallest absolute Gasteiger partial charge is 0.126 e. The Morgan fingerprint density at radius 3 is 2.32 bits per heavy atom. The van der Waals surface area contributed by atoms with Crippen molar-refractivity contribution < 1.29 is 19.7 Å². The Labute approximate surface area is 130 Å². The summed E-state index contributed by atoms with van der Waals surface area (Å²) in [5, 5.41) is 18.5. The van der Waals surface area contributed by atoms with Crippen LogP contribution in [0, 0.1) is 5.41 Å². The van der Waals surface area contributed by atoms with Crippen LogP contribution in [0.3, 0.4) is 0 Å². The van der Waals surface area contributed by atoms with E-state index < -0.39 is 11.0 Å². The van der Waals surface area contributed by atoms with Crippen LogP contribution < -0.4 is 5.73 Å². The van der Waals surface area contributed by atoms with E-state index in [9.17, 15) is 15.0 Å². The third-order valence-corrected chi connectivity index (χ3v) is 4.73. The molecule has 5 heteroatoms. The van der Waals surface area contributed by atoms with E-state index in [1.807, 2.05) is 43.2 Å². The lowest BCUT2D eigenvalue weighted by Crippen LogP contribution is -2.37. The van der Waals surface area contributed by atoms with E-state index >= 15 is 0 Å². The van der Waals surface area contributed by atoms with Crippen molar-refractivity contribution in [2.75, 3.05) is 19.8 Å². The number of nitrogens with two attached hydrogens (primary N) is 1. The van der Waals surface area contributed by atoms with Crippen LogP contribution in [0.15, 0.2) is 35.9 Å². The van der Waals surface area contributed by atoms with E-state index in [1.165, 1.54) is 0 Å². The molecule has 5 nitrogen and oxygen atoms in total. The van der Waals surface area contributed by atoms with Crippen LogP contribution in [0.2, 0.25) is 0 Å². The summed E-state index contributed by atoms with van der Waals surface area (Å²) in [7, 11) is 0. The Bertz CT molecular complexity index is 547. The second kappa shape index (κ2) is 6.73. The molecule has 1 saturated carbocycles. The molecular weight excluding hydrogens is 282 g/mol. The first-order valence-corrected chi connectivity index (χ1v) is 7.49. The first kappa shape index (κ1) is 16.9. The fraction of sp³-hybridized carbons (Fsp3) is 0.529. The highest BCUT2D eigenvalue weighted by molar-refractivity contribution is 5.72. The van der Waals surface area contributed by atoms with Gasteiger partial charge in [-0.15, -0.1) is 0 Å². The topological polar surface area (TPSA) is 92.8 Å². The van der Waals surface area contributed by atoms with Gasteiger partial charge in [0, 0.05) is 24.2 Å². The number of ether oxygens (including phenoxy) is 1. The Balaban J connectivity index is 2.09. The highest BCUT2D eigenvalue weighted by atomic mass is 16.5. The molecule has 120 valence electrons. The first-order valence-electron chi connectivity index (χ1n) is 7.49. The normalized spacial score (nSPS) is 23.9. The average molecular weight is 305 g/mol. The maximum atomic E-state index is 11.2. The summed E-state index contributed by atoms with van der Waals surface area (Å²) in [6.45, 7) is 1.88. The van der Waals surface area contributed by atoms with E-state index in [4.69, 9.17) is 10.5 Å². The number of hydrogen-bond donors (Lipinski definition) is 3. The number of aliphatic hydroxyl groups is 2. The molecule has 2 unspecified atom stereocenters. The maximum Gasteiger partial charge on any atom is 0.126 e. The first-order chi connectivity index (χ1) is 10.6. The maximum absolute atomic E-state index is 11.2. The summed E-state index contributed by atoms with van der Waals surface area (Å²) in [6.07, 6.45) is 0.506. The molecule has 1 aromatic rings. The van der Waals surface area contributed by atoms with E-state index in [2.05, 4.69) is 0 Å². The fourth-order valence-electron chi connectivity index (χ4n) is 3.27. The van der Waals surface area contributed by atoms with Gasteiger partial charge in [0.05, 0.1) is 18.2 Å². The molecule has 1 fully saturated rings. The van der Waals surface area contributed by atoms with Gasteiger partial charge in [0.2, 0.25) is 0 Å². The summed E-state index contributed by atoms with van der Waals surface area (Å²) in [6, 6.07) is 9.73. The lowest BCUT2D eigenvalue weighted by atomic mass is 9.92. The molecule has 0 radical (unpaired) electrons. The number of aliphatic hydroxyl groups excluding tert-OH is 2. The van der Waals surface area contributed by atoms with Crippen molar-refractivity contribution in [1.29, 1.82) is 0 Å². The number of benzene rings is 1. The summed E-state index contributed by atoms with van der Waals surface area (Å²) in [5.41, 5.74) is 6.11. The highest BCUT2D eigenvalue weighted by Gasteiger charge is 2.71. The van der Waals surface area contributed by atoms with Gasteiger partial charge in [-0.3, -0.25) is 0 Å². The lowest BCUT2D eigenvalue weighted by Gasteiger charge is -2.22. The lowest BCUT2D eigenvalue weighted by molar-refractivity contribution is 0.0384. The number of hydrogen-bond acceptors (Lipinski definition) is 5. The van der Waals surface area contributed by atoms with Crippen LogP contribution in [-0.2, 0) is 9.53 Å². The number of carbonyl (C=O) groups excluding carboxylic acids is 1. The van der Waals surface area contributed by atoms with Crippen molar-refractivity contribution in [3.05, 3.63) is 41.5 Å². The van der Waals surface area contributed by atoms with Crippen LogP contribution in [0.5, 0.6) is 0 Å². The van der Waals surface area contributed by atoms with Gasteiger partial charge in [0.25, 0.3) is 0 Å². The van der Waals surface area contributed by atoms with Crippen molar-refractivity contribution in [3.63, 3.8) is 0 Å². The van der Waals surface area contributed by atoms with Gasteiger partial charge < -0.3 is 20.7 Å². The molecule has 2 atom stereocenters. The molecule has 0 aliphatic heterocycles. The Kier molecular flexibility index (Phi) is 5.16. The van der Waals surface area contributed by atoms with Gasteiger partial charge in [-0.05, 0) is 25.3 Å². The monoisotopic (exact) mass is 305 g/mol. The zero-order valence-corrected chi connectivity index (χ0v) is 12.8. The van der Waals surface area contributed by atoms with Gasteiger partial charge in [-0.1, -0.05) is 30.3 Å². The van der Waals surface area contributed by atoms with E-state index in [-0.39, 0.29) is 25.9 Å². The van der Waals surface area contributed by atoms with Crippen LogP contribution in [0.25, 0.3) is 0 Å². The molecule has 0 aromatic heterocycles. The summed E-state index contributed by atoms with van der Waals surface area (Å²) >= 11 is 0. The fourth-order valence-corrected chi connectivity index (χ4v) is 3.27. The molecule has 1 aliphatic rings. The van der Waals surface area contributed by atoms with Crippen molar-refractivity contribution in [3.8, 4) is 0 Å². The SMILES string of the molecule is CC(OCC1(N)C(=C=O)C1(CCO)CCO)c1ccccc1. The molecule has 4 N–H and O–H groups in total. The Morgan fingerprint density at radius 1 is 1.23 bits per heavy atom. The van der Waals surface area contributed by atoms with Crippen molar-refractivity contribution >= 4 is 5.94 Å². The van der Waals surface area contributed by atoms with Crippen LogP contribution in [0.1, 0.15) is 31.4 Å². The molecule has 1 aromatic carbocycles. The zero-order valence-electron chi connectivity index (χ0n) is 12.8.